The van der Waals surface area contributed by atoms with Crippen molar-refractivity contribution < 1.29 is 4.79 Å². The summed E-state index contributed by atoms with van der Waals surface area (Å²) >= 11 is 2.24. The van der Waals surface area contributed by atoms with Crippen molar-refractivity contribution in [1.82, 2.24) is 9.38 Å². The lowest BCUT2D eigenvalue weighted by atomic mass is 10.0. The largest absolute Gasteiger partial charge is 0.305 e. The number of carbonyl (C=O) groups excluding carboxylic acids is 1. The van der Waals surface area contributed by atoms with E-state index in [2.05, 4.69) is 46.7 Å². The maximum atomic E-state index is 12.3. The third-order valence-corrected chi connectivity index (χ3v) is 4.13. The molecular weight excluding hydrogens is 389 g/mol. The zero-order chi connectivity index (χ0) is 15.7. The molecule has 0 bridgehead atoms. The van der Waals surface area contributed by atoms with E-state index in [9.17, 15) is 4.79 Å². The highest BCUT2D eigenvalue weighted by molar-refractivity contribution is 14.1. The molecule has 1 N–H and O–H groups in total. The van der Waals surface area contributed by atoms with E-state index in [-0.39, 0.29) is 5.91 Å². The predicted molar refractivity (Wildman–Crippen MR) is 96.4 cm³/mol. The molecular formula is C17H16IN3O. The number of halogens is 1. The highest BCUT2D eigenvalue weighted by Crippen LogP contribution is 2.16. The Balaban J connectivity index is 1.80. The summed E-state index contributed by atoms with van der Waals surface area (Å²) in [6.07, 6.45) is 3.79. The summed E-state index contributed by atoms with van der Waals surface area (Å²) < 4.78 is 3.02. The Bertz CT molecular complexity index is 822. The third-order valence-electron chi connectivity index (χ3n) is 3.50. The van der Waals surface area contributed by atoms with E-state index in [1.807, 2.05) is 53.2 Å². The van der Waals surface area contributed by atoms with Gasteiger partial charge in [-0.2, -0.15) is 0 Å². The number of benzene rings is 1. The van der Waals surface area contributed by atoms with E-state index in [0.29, 0.717) is 17.3 Å². The first kappa shape index (κ1) is 15.0. The summed E-state index contributed by atoms with van der Waals surface area (Å²) in [5, 5.41) is 2.84. The predicted octanol–water partition coefficient (Wildman–Crippen LogP) is 4.31. The Labute approximate surface area is 142 Å². The molecule has 22 heavy (non-hydrogen) atoms. The minimum atomic E-state index is -0.145. The number of rotatable bonds is 3. The molecule has 3 rings (SSSR count). The maximum absolute atomic E-state index is 12.3. The highest BCUT2D eigenvalue weighted by atomic mass is 127. The summed E-state index contributed by atoms with van der Waals surface area (Å²) in [5.74, 6) is 0.867. The monoisotopic (exact) mass is 405 g/mol. The van der Waals surface area contributed by atoms with Crippen LogP contribution in [0.25, 0.3) is 5.65 Å². The quantitative estimate of drug-likeness (QED) is 0.660. The first-order valence-corrected chi connectivity index (χ1v) is 8.16. The second-order valence-electron chi connectivity index (χ2n) is 5.47. The van der Waals surface area contributed by atoms with Crippen LogP contribution in [0.1, 0.15) is 35.7 Å². The first-order valence-electron chi connectivity index (χ1n) is 7.08. The van der Waals surface area contributed by atoms with Crippen LogP contribution in [-0.4, -0.2) is 15.3 Å². The zero-order valence-electron chi connectivity index (χ0n) is 12.4. The van der Waals surface area contributed by atoms with Crippen molar-refractivity contribution in [3.05, 3.63) is 63.5 Å². The summed E-state index contributed by atoms with van der Waals surface area (Å²) in [7, 11) is 0. The van der Waals surface area contributed by atoms with Gasteiger partial charge in [0.1, 0.15) is 5.65 Å². The standard InChI is InChI=1S/C17H16IN3O/c1-11(2)12-3-5-13(6-4-12)17(22)20-15-10-21-9-14(18)7-8-16(21)19-15/h3-11H,1-2H3,(H,20,22). The molecule has 112 valence electrons. The van der Waals surface area contributed by atoms with Crippen molar-refractivity contribution in [3.63, 3.8) is 0 Å². The van der Waals surface area contributed by atoms with Crippen molar-refractivity contribution in [3.8, 4) is 0 Å². The van der Waals surface area contributed by atoms with Crippen LogP contribution in [0, 0.1) is 3.57 Å². The average Bonchev–Trinajstić information content (AvgIpc) is 2.88. The number of imidazole rings is 1. The fourth-order valence-electron chi connectivity index (χ4n) is 2.23. The molecule has 0 aliphatic carbocycles. The van der Waals surface area contributed by atoms with Crippen LogP contribution >= 0.6 is 22.6 Å². The number of carbonyl (C=O) groups is 1. The summed E-state index contributed by atoms with van der Waals surface area (Å²) in [6, 6.07) is 11.6. The Morgan fingerprint density at radius 1 is 1.14 bits per heavy atom. The second-order valence-corrected chi connectivity index (χ2v) is 6.72. The fourth-order valence-corrected chi connectivity index (χ4v) is 2.71. The number of amides is 1. The number of aromatic nitrogens is 2. The smallest absolute Gasteiger partial charge is 0.256 e. The van der Waals surface area contributed by atoms with Crippen LogP contribution in [-0.2, 0) is 0 Å². The van der Waals surface area contributed by atoms with Crippen LogP contribution in [0.5, 0.6) is 0 Å². The number of anilines is 1. The van der Waals surface area contributed by atoms with Gasteiger partial charge in [0.15, 0.2) is 5.82 Å². The van der Waals surface area contributed by atoms with Crippen LogP contribution in [0.3, 0.4) is 0 Å². The van der Waals surface area contributed by atoms with Crippen LogP contribution in [0.4, 0.5) is 5.82 Å². The SMILES string of the molecule is CC(C)c1ccc(C(=O)Nc2cn3cc(I)ccc3n2)cc1. The number of hydrogen-bond acceptors (Lipinski definition) is 2. The Hall–Kier alpha value is -1.89. The molecule has 3 aromatic rings. The van der Waals surface area contributed by atoms with E-state index >= 15 is 0 Å². The molecule has 0 aliphatic heterocycles. The minimum Gasteiger partial charge on any atom is -0.305 e. The normalized spacial score (nSPS) is 11.1. The van der Waals surface area contributed by atoms with E-state index in [1.54, 1.807) is 0 Å². The molecule has 0 saturated carbocycles. The van der Waals surface area contributed by atoms with Gasteiger partial charge in [-0.3, -0.25) is 4.79 Å². The van der Waals surface area contributed by atoms with Gasteiger partial charge in [-0.1, -0.05) is 26.0 Å². The van der Waals surface area contributed by atoms with Gasteiger partial charge in [0.05, 0.1) is 6.20 Å². The number of nitrogens with zero attached hydrogens (tertiary/aromatic N) is 2. The van der Waals surface area contributed by atoms with Gasteiger partial charge in [-0.15, -0.1) is 0 Å². The average molecular weight is 405 g/mol. The first-order chi connectivity index (χ1) is 10.5. The molecule has 0 atom stereocenters. The number of hydrogen-bond donors (Lipinski definition) is 1. The summed E-state index contributed by atoms with van der Waals surface area (Å²) in [5.41, 5.74) is 2.67. The maximum Gasteiger partial charge on any atom is 0.256 e. The lowest BCUT2D eigenvalue weighted by Gasteiger charge is -2.06. The molecule has 0 saturated heterocycles. The molecule has 1 amide bonds. The molecule has 5 heteroatoms. The van der Waals surface area contributed by atoms with Crippen molar-refractivity contribution in [2.75, 3.05) is 5.32 Å². The fraction of sp³-hybridized carbons (Fsp3) is 0.176. The molecule has 1 aromatic carbocycles. The third kappa shape index (κ3) is 3.14. The van der Waals surface area contributed by atoms with Crippen LogP contribution in [0.15, 0.2) is 48.8 Å². The van der Waals surface area contributed by atoms with Gasteiger partial charge in [-0.05, 0) is 58.3 Å². The topological polar surface area (TPSA) is 46.4 Å². The number of pyridine rings is 1. The van der Waals surface area contributed by atoms with Gasteiger partial charge in [0, 0.05) is 15.3 Å². The van der Waals surface area contributed by atoms with Crippen LogP contribution in [0.2, 0.25) is 0 Å². The highest BCUT2D eigenvalue weighted by Gasteiger charge is 2.09. The lowest BCUT2D eigenvalue weighted by Crippen LogP contribution is -2.12. The number of nitrogens with one attached hydrogen (secondary N) is 1. The van der Waals surface area contributed by atoms with E-state index in [4.69, 9.17) is 0 Å². The van der Waals surface area contributed by atoms with Crippen molar-refractivity contribution in [2.45, 2.75) is 19.8 Å². The molecule has 2 heterocycles. The number of fused-ring (bicyclic) bond motifs is 1. The van der Waals surface area contributed by atoms with Gasteiger partial charge < -0.3 is 9.72 Å². The van der Waals surface area contributed by atoms with Crippen molar-refractivity contribution >= 4 is 40.0 Å². The molecule has 2 aromatic heterocycles. The molecule has 0 fully saturated rings. The molecule has 0 aliphatic rings. The zero-order valence-corrected chi connectivity index (χ0v) is 14.5. The van der Waals surface area contributed by atoms with Crippen molar-refractivity contribution in [1.29, 1.82) is 0 Å². The second kappa shape index (κ2) is 6.08. The molecule has 0 spiro atoms. The van der Waals surface area contributed by atoms with Gasteiger partial charge >= 0.3 is 0 Å². The van der Waals surface area contributed by atoms with Crippen LogP contribution < -0.4 is 5.32 Å². The van der Waals surface area contributed by atoms with E-state index in [0.717, 1.165) is 9.22 Å². The minimum absolute atomic E-state index is 0.145. The molecule has 0 unspecified atom stereocenters. The lowest BCUT2D eigenvalue weighted by molar-refractivity contribution is 0.102. The van der Waals surface area contributed by atoms with Gasteiger partial charge in [0.2, 0.25) is 0 Å². The van der Waals surface area contributed by atoms with Gasteiger partial charge in [-0.25, -0.2) is 4.98 Å². The summed E-state index contributed by atoms with van der Waals surface area (Å²) in [6.45, 7) is 4.26. The Morgan fingerprint density at radius 3 is 2.55 bits per heavy atom. The van der Waals surface area contributed by atoms with E-state index in [1.165, 1.54) is 5.56 Å². The van der Waals surface area contributed by atoms with Gasteiger partial charge in [0.25, 0.3) is 5.91 Å². The van der Waals surface area contributed by atoms with Crippen molar-refractivity contribution in [2.24, 2.45) is 0 Å². The summed E-state index contributed by atoms with van der Waals surface area (Å²) in [4.78, 5) is 16.7. The van der Waals surface area contributed by atoms with E-state index < -0.39 is 0 Å². The molecule has 4 nitrogen and oxygen atoms in total. The molecule has 0 radical (unpaired) electrons. The Kier molecular flexibility index (Phi) is 4.15. The Morgan fingerprint density at radius 2 is 1.86 bits per heavy atom.